The van der Waals surface area contributed by atoms with E-state index in [-0.39, 0.29) is 11.9 Å². The number of rotatable bonds is 4. The number of amides is 2. The summed E-state index contributed by atoms with van der Waals surface area (Å²) in [5.41, 5.74) is 4.71. The predicted octanol–water partition coefficient (Wildman–Crippen LogP) is 3.09. The summed E-state index contributed by atoms with van der Waals surface area (Å²) < 4.78 is 5.02. The number of hydrogen-bond donors (Lipinski definition) is 2. The molecule has 0 unspecified atom stereocenters. The number of carbonyl (C=O) groups excluding carboxylic acids is 2. The van der Waals surface area contributed by atoms with Gasteiger partial charge in [0.25, 0.3) is 5.91 Å². The summed E-state index contributed by atoms with van der Waals surface area (Å²) in [5, 5.41) is 2.78. The first-order valence-electron chi connectivity index (χ1n) is 10.9. The molecule has 0 saturated carbocycles. The number of benzene rings is 2. The molecule has 0 aromatic heterocycles. The quantitative estimate of drug-likeness (QED) is 0.817. The minimum absolute atomic E-state index is 0.107. The SMILES string of the molecule is CCOC(=O)Nc1ccc2c(c1)N(C(=O)[C@@H](C)[NH+]1CCCC1)c1ccccc1CC2. The van der Waals surface area contributed by atoms with Gasteiger partial charge >= 0.3 is 6.09 Å². The molecule has 4 rings (SSSR count). The zero-order chi connectivity index (χ0) is 21.1. The maximum Gasteiger partial charge on any atom is 0.411 e. The van der Waals surface area contributed by atoms with Crippen LogP contribution in [0.2, 0.25) is 0 Å². The lowest BCUT2D eigenvalue weighted by Gasteiger charge is -2.30. The van der Waals surface area contributed by atoms with E-state index in [1.807, 2.05) is 48.2 Å². The van der Waals surface area contributed by atoms with Gasteiger partial charge in [-0.25, -0.2) is 4.79 Å². The van der Waals surface area contributed by atoms with Crippen molar-refractivity contribution in [1.82, 2.24) is 0 Å². The molecular weight excluding hydrogens is 378 g/mol. The van der Waals surface area contributed by atoms with Crippen molar-refractivity contribution in [1.29, 1.82) is 0 Å². The Bertz CT molecular complexity index is 937. The van der Waals surface area contributed by atoms with Gasteiger partial charge in [0, 0.05) is 18.5 Å². The van der Waals surface area contributed by atoms with Crippen molar-refractivity contribution in [3.05, 3.63) is 53.6 Å². The van der Waals surface area contributed by atoms with Gasteiger partial charge in [-0.15, -0.1) is 0 Å². The fraction of sp³-hybridized carbons (Fsp3) is 0.417. The zero-order valence-electron chi connectivity index (χ0n) is 17.7. The summed E-state index contributed by atoms with van der Waals surface area (Å²) in [6.45, 7) is 6.21. The molecule has 1 saturated heterocycles. The molecular formula is C24H30N3O3+. The molecule has 6 nitrogen and oxygen atoms in total. The predicted molar refractivity (Wildman–Crippen MR) is 117 cm³/mol. The van der Waals surface area contributed by atoms with Crippen LogP contribution in [0, 0.1) is 0 Å². The molecule has 2 aromatic carbocycles. The number of para-hydroxylation sites is 1. The first-order valence-corrected chi connectivity index (χ1v) is 10.9. The Morgan fingerprint density at radius 1 is 1.07 bits per heavy atom. The lowest BCUT2D eigenvalue weighted by Crippen LogP contribution is -3.14. The van der Waals surface area contributed by atoms with E-state index in [0.29, 0.717) is 12.3 Å². The molecule has 6 heteroatoms. The molecule has 2 aliphatic heterocycles. The van der Waals surface area contributed by atoms with Gasteiger partial charge in [-0.1, -0.05) is 24.3 Å². The van der Waals surface area contributed by atoms with Crippen LogP contribution in [0.1, 0.15) is 37.8 Å². The molecule has 30 heavy (non-hydrogen) atoms. The van der Waals surface area contributed by atoms with E-state index >= 15 is 0 Å². The van der Waals surface area contributed by atoms with Crippen LogP contribution in [0.15, 0.2) is 42.5 Å². The standard InChI is InChI=1S/C24H29N3O3/c1-3-30-24(29)25-20-13-12-19-11-10-18-8-4-5-9-21(18)27(22(19)16-20)23(28)17(2)26-14-6-7-15-26/h4-5,8-9,12-13,16-17H,3,6-7,10-11,14-15H2,1-2H3,(H,25,29)/p+1/t17-/m1/s1. The molecule has 0 radical (unpaired) electrons. The molecule has 1 fully saturated rings. The zero-order valence-corrected chi connectivity index (χ0v) is 17.7. The Hall–Kier alpha value is -2.86. The van der Waals surface area contributed by atoms with Crippen LogP contribution in [0.4, 0.5) is 21.9 Å². The largest absolute Gasteiger partial charge is 0.450 e. The van der Waals surface area contributed by atoms with E-state index < -0.39 is 6.09 Å². The van der Waals surface area contributed by atoms with E-state index in [9.17, 15) is 9.59 Å². The smallest absolute Gasteiger partial charge is 0.411 e. The Balaban J connectivity index is 1.75. The monoisotopic (exact) mass is 408 g/mol. The van der Waals surface area contributed by atoms with E-state index in [1.165, 1.54) is 23.3 Å². The van der Waals surface area contributed by atoms with Gasteiger partial charge in [-0.05, 0) is 56.0 Å². The van der Waals surface area contributed by atoms with Crippen LogP contribution in [-0.4, -0.2) is 37.7 Å². The second-order valence-electron chi connectivity index (χ2n) is 8.08. The van der Waals surface area contributed by atoms with Crippen molar-refractivity contribution in [2.75, 3.05) is 29.9 Å². The van der Waals surface area contributed by atoms with Crippen molar-refractivity contribution in [3.63, 3.8) is 0 Å². The van der Waals surface area contributed by atoms with Crippen molar-refractivity contribution >= 4 is 29.1 Å². The number of fused-ring (bicyclic) bond motifs is 2. The average Bonchev–Trinajstić information content (AvgIpc) is 3.23. The van der Waals surface area contributed by atoms with Gasteiger partial charge in [0.1, 0.15) is 0 Å². The second kappa shape index (κ2) is 8.88. The molecule has 158 valence electrons. The third-order valence-corrected chi connectivity index (χ3v) is 6.19. The van der Waals surface area contributed by atoms with Crippen molar-refractivity contribution in [2.45, 2.75) is 45.6 Å². The van der Waals surface area contributed by atoms with Gasteiger partial charge in [0.15, 0.2) is 6.04 Å². The molecule has 2 aromatic rings. The third kappa shape index (κ3) is 4.05. The van der Waals surface area contributed by atoms with Crippen LogP contribution >= 0.6 is 0 Å². The number of likely N-dealkylation sites (tertiary alicyclic amines) is 1. The minimum atomic E-state index is -0.487. The summed E-state index contributed by atoms with van der Waals surface area (Å²) in [6, 6.07) is 13.8. The first-order chi connectivity index (χ1) is 14.6. The number of carbonyl (C=O) groups is 2. The highest BCUT2D eigenvalue weighted by Crippen LogP contribution is 2.38. The highest BCUT2D eigenvalue weighted by atomic mass is 16.5. The minimum Gasteiger partial charge on any atom is -0.450 e. The number of nitrogens with one attached hydrogen (secondary N) is 2. The number of hydrogen-bond acceptors (Lipinski definition) is 3. The van der Waals surface area contributed by atoms with Crippen molar-refractivity contribution in [2.24, 2.45) is 0 Å². The van der Waals surface area contributed by atoms with Crippen molar-refractivity contribution < 1.29 is 19.2 Å². The number of quaternary nitrogens is 1. The first kappa shape index (κ1) is 20.4. The summed E-state index contributed by atoms with van der Waals surface area (Å²) in [4.78, 5) is 28.9. The van der Waals surface area contributed by atoms with Gasteiger partial charge in [0.05, 0.1) is 31.1 Å². The van der Waals surface area contributed by atoms with E-state index in [1.54, 1.807) is 6.92 Å². The van der Waals surface area contributed by atoms with Crippen LogP contribution < -0.4 is 15.1 Å². The normalized spacial score (nSPS) is 16.9. The molecule has 0 aliphatic carbocycles. The molecule has 2 N–H and O–H groups in total. The number of nitrogens with zero attached hydrogens (tertiary/aromatic N) is 1. The topological polar surface area (TPSA) is 63.1 Å². The molecule has 0 spiro atoms. The number of anilines is 3. The fourth-order valence-corrected chi connectivity index (χ4v) is 4.55. The van der Waals surface area contributed by atoms with Crippen LogP contribution in [-0.2, 0) is 22.4 Å². The molecule has 1 atom stereocenters. The van der Waals surface area contributed by atoms with Gasteiger partial charge in [-0.3, -0.25) is 15.0 Å². The Morgan fingerprint density at radius 2 is 1.77 bits per heavy atom. The average molecular weight is 409 g/mol. The van der Waals surface area contributed by atoms with E-state index in [4.69, 9.17) is 4.74 Å². The Labute approximate surface area is 177 Å². The van der Waals surface area contributed by atoms with Crippen LogP contribution in [0.5, 0.6) is 0 Å². The van der Waals surface area contributed by atoms with Gasteiger partial charge < -0.3 is 9.64 Å². The lowest BCUT2D eigenvalue weighted by atomic mass is 10.0. The lowest BCUT2D eigenvalue weighted by molar-refractivity contribution is -0.901. The van der Waals surface area contributed by atoms with Gasteiger partial charge in [-0.2, -0.15) is 0 Å². The summed E-state index contributed by atoms with van der Waals surface area (Å²) in [5.74, 6) is 0.107. The summed E-state index contributed by atoms with van der Waals surface area (Å²) in [7, 11) is 0. The number of aryl methyl sites for hydroxylation is 2. The molecule has 2 heterocycles. The van der Waals surface area contributed by atoms with E-state index in [2.05, 4.69) is 11.4 Å². The molecule has 2 amide bonds. The summed E-state index contributed by atoms with van der Waals surface area (Å²) in [6.07, 6.45) is 3.59. The fourth-order valence-electron chi connectivity index (χ4n) is 4.55. The highest BCUT2D eigenvalue weighted by Gasteiger charge is 2.35. The maximum absolute atomic E-state index is 13.8. The third-order valence-electron chi connectivity index (χ3n) is 6.19. The van der Waals surface area contributed by atoms with Gasteiger partial charge in [0.2, 0.25) is 0 Å². The van der Waals surface area contributed by atoms with E-state index in [0.717, 1.165) is 42.9 Å². The highest BCUT2D eigenvalue weighted by molar-refractivity contribution is 6.05. The molecule has 2 aliphatic rings. The Kier molecular flexibility index (Phi) is 6.04. The Morgan fingerprint density at radius 3 is 2.50 bits per heavy atom. The van der Waals surface area contributed by atoms with Crippen LogP contribution in [0.25, 0.3) is 0 Å². The summed E-state index contributed by atoms with van der Waals surface area (Å²) >= 11 is 0. The van der Waals surface area contributed by atoms with Crippen molar-refractivity contribution in [3.8, 4) is 0 Å². The second-order valence-corrected chi connectivity index (χ2v) is 8.08. The van der Waals surface area contributed by atoms with Crippen LogP contribution in [0.3, 0.4) is 0 Å². The molecule has 0 bridgehead atoms. The maximum atomic E-state index is 13.8. The number of ether oxygens (including phenoxy) is 1.